The first-order valence-corrected chi connectivity index (χ1v) is 5.40. The highest BCUT2D eigenvalue weighted by atomic mass is 19.2. The summed E-state index contributed by atoms with van der Waals surface area (Å²) < 4.78 is 39.8. The standard InChI is InChI=1S/C12H9F3N2O/c1-2-3-17-8(5-16)6-4-7(13)10(14)11(15)9(6)12(17)18/h4,8H,2-3H2,1H3. The molecule has 1 heterocycles. The van der Waals surface area contributed by atoms with Gasteiger partial charge in [-0.3, -0.25) is 4.79 Å². The minimum Gasteiger partial charge on any atom is -0.318 e. The number of carbonyl (C=O) groups excluding carboxylic acids is 1. The van der Waals surface area contributed by atoms with Crippen LogP contribution in [0.15, 0.2) is 6.07 Å². The third-order valence-electron chi connectivity index (χ3n) is 2.86. The van der Waals surface area contributed by atoms with Gasteiger partial charge in [0.05, 0.1) is 11.6 Å². The number of halogens is 3. The van der Waals surface area contributed by atoms with Crippen LogP contribution in [-0.4, -0.2) is 17.4 Å². The van der Waals surface area contributed by atoms with Gasteiger partial charge in [-0.05, 0) is 12.5 Å². The molecule has 0 saturated carbocycles. The molecule has 0 radical (unpaired) electrons. The highest BCUT2D eigenvalue weighted by Crippen LogP contribution is 2.36. The average molecular weight is 254 g/mol. The van der Waals surface area contributed by atoms with E-state index in [0.29, 0.717) is 6.42 Å². The van der Waals surface area contributed by atoms with E-state index in [4.69, 9.17) is 5.26 Å². The first kappa shape index (κ1) is 12.4. The van der Waals surface area contributed by atoms with Crippen LogP contribution in [0, 0.1) is 28.8 Å². The van der Waals surface area contributed by atoms with Crippen LogP contribution in [0.3, 0.4) is 0 Å². The number of amides is 1. The van der Waals surface area contributed by atoms with Crippen molar-refractivity contribution >= 4 is 5.91 Å². The summed E-state index contributed by atoms with van der Waals surface area (Å²) in [6.45, 7) is 2.01. The second-order valence-electron chi connectivity index (χ2n) is 3.98. The lowest BCUT2D eigenvalue weighted by Gasteiger charge is -2.18. The molecule has 1 aliphatic rings. The molecule has 1 unspecified atom stereocenters. The maximum absolute atomic E-state index is 13.6. The Hall–Kier alpha value is -2.03. The van der Waals surface area contributed by atoms with Crippen molar-refractivity contribution in [2.24, 2.45) is 0 Å². The molecule has 2 rings (SSSR count). The summed E-state index contributed by atoms with van der Waals surface area (Å²) in [4.78, 5) is 13.0. The topological polar surface area (TPSA) is 44.1 Å². The predicted molar refractivity (Wildman–Crippen MR) is 56.0 cm³/mol. The smallest absolute Gasteiger partial charge is 0.258 e. The lowest BCUT2D eigenvalue weighted by Crippen LogP contribution is -2.28. The SMILES string of the molecule is CCCN1C(=O)c2c(cc(F)c(F)c2F)C1C#N. The number of nitriles is 1. The van der Waals surface area contributed by atoms with Crippen molar-refractivity contribution in [3.63, 3.8) is 0 Å². The van der Waals surface area contributed by atoms with E-state index < -0.39 is 35.0 Å². The van der Waals surface area contributed by atoms with Crippen molar-refractivity contribution in [1.29, 1.82) is 5.26 Å². The summed E-state index contributed by atoms with van der Waals surface area (Å²) in [6.07, 6.45) is 0.560. The molecule has 3 nitrogen and oxygen atoms in total. The average Bonchev–Trinajstić information content (AvgIpc) is 2.60. The Balaban J connectivity index is 2.64. The summed E-state index contributed by atoms with van der Waals surface area (Å²) in [7, 11) is 0. The molecule has 0 N–H and O–H groups in total. The number of fused-ring (bicyclic) bond motifs is 1. The van der Waals surface area contributed by atoms with Crippen LogP contribution in [0.4, 0.5) is 13.2 Å². The Labute approximate surface area is 101 Å². The molecule has 1 atom stereocenters. The van der Waals surface area contributed by atoms with Crippen LogP contribution in [0.5, 0.6) is 0 Å². The number of carbonyl (C=O) groups is 1. The van der Waals surface area contributed by atoms with Crippen molar-refractivity contribution < 1.29 is 18.0 Å². The van der Waals surface area contributed by atoms with E-state index in [1.165, 1.54) is 0 Å². The summed E-state index contributed by atoms with van der Waals surface area (Å²) in [5.74, 6) is -5.36. The van der Waals surface area contributed by atoms with Crippen LogP contribution < -0.4 is 0 Å². The van der Waals surface area contributed by atoms with Gasteiger partial charge >= 0.3 is 0 Å². The van der Waals surface area contributed by atoms with Crippen LogP contribution in [0.2, 0.25) is 0 Å². The molecule has 6 heteroatoms. The Morgan fingerprint density at radius 1 is 1.39 bits per heavy atom. The Morgan fingerprint density at radius 2 is 2.06 bits per heavy atom. The molecule has 0 spiro atoms. The number of benzene rings is 1. The van der Waals surface area contributed by atoms with Crippen molar-refractivity contribution in [2.45, 2.75) is 19.4 Å². The van der Waals surface area contributed by atoms with Crippen LogP contribution in [0.1, 0.15) is 35.3 Å². The second-order valence-corrected chi connectivity index (χ2v) is 3.98. The van der Waals surface area contributed by atoms with Crippen molar-refractivity contribution in [3.8, 4) is 6.07 Å². The fourth-order valence-electron chi connectivity index (χ4n) is 2.09. The lowest BCUT2D eigenvalue weighted by atomic mass is 10.0. The van der Waals surface area contributed by atoms with Gasteiger partial charge in [-0.25, -0.2) is 13.2 Å². The fraction of sp³-hybridized carbons (Fsp3) is 0.333. The van der Waals surface area contributed by atoms with E-state index in [0.717, 1.165) is 11.0 Å². The quantitative estimate of drug-likeness (QED) is 0.761. The van der Waals surface area contributed by atoms with Crippen molar-refractivity contribution in [2.75, 3.05) is 6.54 Å². The van der Waals surface area contributed by atoms with Gasteiger partial charge in [-0.1, -0.05) is 6.92 Å². The van der Waals surface area contributed by atoms with Gasteiger partial charge in [0.1, 0.15) is 6.04 Å². The molecule has 0 saturated heterocycles. The summed E-state index contributed by atoms with van der Waals surface area (Å²) >= 11 is 0. The fourth-order valence-corrected chi connectivity index (χ4v) is 2.09. The van der Waals surface area contributed by atoms with E-state index in [1.807, 2.05) is 6.07 Å². The Bertz CT molecular complexity index is 565. The zero-order chi connectivity index (χ0) is 13.4. The molecule has 18 heavy (non-hydrogen) atoms. The highest BCUT2D eigenvalue weighted by molar-refractivity contribution is 6.00. The van der Waals surface area contributed by atoms with E-state index in [-0.39, 0.29) is 12.1 Å². The molecule has 1 aromatic rings. The molecule has 0 aromatic heterocycles. The largest absolute Gasteiger partial charge is 0.318 e. The highest BCUT2D eigenvalue weighted by Gasteiger charge is 2.40. The monoisotopic (exact) mass is 254 g/mol. The molecule has 1 aromatic carbocycles. The van der Waals surface area contributed by atoms with Crippen LogP contribution in [0.25, 0.3) is 0 Å². The minimum atomic E-state index is -1.68. The Morgan fingerprint density at radius 3 is 2.61 bits per heavy atom. The second kappa shape index (κ2) is 4.33. The summed E-state index contributed by atoms with van der Waals surface area (Å²) in [5.41, 5.74) is -0.638. The number of hydrogen-bond acceptors (Lipinski definition) is 2. The maximum atomic E-state index is 13.6. The third-order valence-corrected chi connectivity index (χ3v) is 2.86. The first-order chi connectivity index (χ1) is 8.52. The minimum absolute atomic E-state index is 0.104. The van der Waals surface area contributed by atoms with Crippen molar-refractivity contribution in [3.05, 3.63) is 34.6 Å². The number of rotatable bonds is 2. The molecule has 0 bridgehead atoms. The zero-order valence-corrected chi connectivity index (χ0v) is 9.51. The van der Waals surface area contributed by atoms with Crippen LogP contribution >= 0.6 is 0 Å². The van der Waals surface area contributed by atoms with E-state index in [2.05, 4.69) is 0 Å². The predicted octanol–water partition coefficient (Wildman–Crippen LogP) is 2.53. The van der Waals surface area contributed by atoms with E-state index >= 15 is 0 Å². The maximum Gasteiger partial charge on any atom is 0.258 e. The molecular weight excluding hydrogens is 245 g/mol. The van der Waals surface area contributed by atoms with Gasteiger partial charge in [0.2, 0.25) is 0 Å². The lowest BCUT2D eigenvalue weighted by molar-refractivity contribution is 0.0754. The van der Waals surface area contributed by atoms with Gasteiger partial charge in [0.25, 0.3) is 5.91 Å². The molecule has 94 valence electrons. The van der Waals surface area contributed by atoms with Gasteiger partial charge in [-0.15, -0.1) is 0 Å². The molecule has 0 fully saturated rings. The van der Waals surface area contributed by atoms with Gasteiger partial charge in [0.15, 0.2) is 17.5 Å². The van der Waals surface area contributed by atoms with Gasteiger partial charge in [-0.2, -0.15) is 5.26 Å². The van der Waals surface area contributed by atoms with Gasteiger partial charge < -0.3 is 4.90 Å². The molecule has 1 amide bonds. The van der Waals surface area contributed by atoms with Crippen LogP contribution in [-0.2, 0) is 0 Å². The number of nitrogens with zero attached hydrogens (tertiary/aromatic N) is 2. The number of hydrogen-bond donors (Lipinski definition) is 0. The normalized spacial score (nSPS) is 17.8. The van der Waals surface area contributed by atoms with Gasteiger partial charge in [0, 0.05) is 12.1 Å². The third kappa shape index (κ3) is 1.55. The summed E-state index contributed by atoms with van der Waals surface area (Å²) in [6, 6.07) is 1.47. The van der Waals surface area contributed by atoms with Crippen molar-refractivity contribution in [1.82, 2.24) is 4.90 Å². The summed E-state index contributed by atoms with van der Waals surface area (Å²) in [5, 5.41) is 9.00. The first-order valence-electron chi connectivity index (χ1n) is 5.40. The van der Waals surface area contributed by atoms with E-state index in [1.54, 1.807) is 6.92 Å². The molecule has 0 aliphatic carbocycles. The Kier molecular flexibility index (Phi) is 2.99. The molecule has 1 aliphatic heterocycles. The van der Waals surface area contributed by atoms with E-state index in [9.17, 15) is 18.0 Å². The zero-order valence-electron chi connectivity index (χ0n) is 9.51. The molecular formula is C12H9F3N2O.